The summed E-state index contributed by atoms with van der Waals surface area (Å²) in [5.41, 5.74) is -0.608. The number of amides is 1. The van der Waals surface area contributed by atoms with E-state index in [1.807, 2.05) is 5.32 Å². The van der Waals surface area contributed by atoms with Crippen LogP contribution in [0.25, 0.3) is 0 Å². The van der Waals surface area contributed by atoms with E-state index in [2.05, 4.69) is 9.40 Å². The minimum atomic E-state index is -4.72. The summed E-state index contributed by atoms with van der Waals surface area (Å²) in [5, 5.41) is 1.98. The lowest BCUT2D eigenvalue weighted by molar-refractivity contribution is -0.141. The normalized spacial score (nSPS) is 15.2. The van der Waals surface area contributed by atoms with E-state index in [1.165, 1.54) is 12.1 Å². The molecule has 1 amide bonds. The Bertz CT molecular complexity index is 1050. The number of para-hydroxylation sites is 1. The number of nitrogens with one attached hydrogen (secondary N) is 1. The third-order valence-corrected chi connectivity index (χ3v) is 3.90. The molecule has 0 bridgehead atoms. The quantitative estimate of drug-likeness (QED) is 0.599. The zero-order valence-corrected chi connectivity index (χ0v) is 13.8. The van der Waals surface area contributed by atoms with Crippen LogP contribution in [0.5, 0.6) is 11.5 Å². The Balaban J connectivity index is 1.60. The topological polar surface area (TPSA) is 73.6 Å². The van der Waals surface area contributed by atoms with Gasteiger partial charge in [-0.25, -0.2) is 14.5 Å². The average Bonchev–Trinajstić information content (AvgIpc) is 3.11. The second-order valence-electron chi connectivity index (χ2n) is 5.77. The number of hydrogen-bond donors (Lipinski definition) is 1. The van der Waals surface area contributed by atoms with Crippen LogP contribution in [0, 0.1) is 5.82 Å². The number of nitrogens with zero attached hydrogens (tertiary/aromatic N) is 1. The maximum Gasteiger partial charge on any atom is 0.436 e. The number of alkyl halides is 3. The second-order valence-corrected chi connectivity index (χ2v) is 5.77. The van der Waals surface area contributed by atoms with Crippen molar-refractivity contribution in [2.24, 2.45) is 0 Å². The van der Waals surface area contributed by atoms with Gasteiger partial charge >= 0.3 is 18.3 Å². The maximum atomic E-state index is 13.7. The van der Waals surface area contributed by atoms with Crippen LogP contribution in [0.15, 0.2) is 53.1 Å². The van der Waals surface area contributed by atoms with Gasteiger partial charge in [0.1, 0.15) is 23.6 Å². The summed E-state index contributed by atoms with van der Waals surface area (Å²) < 4.78 is 67.0. The predicted molar refractivity (Wildman–Crippen MR) is 86.4 cm³/mol. The van der Waals surface area contributed by atoms with Crippen LogP contribution in [0.3, 0.4) is 0 Å². The number of benzene rings is 2. The van der Waals surface area contributed by atoms with E-state index in [9.17, 15) is 22.4 Å². The second kappa shape index (κ2) is 6.55. The number of anilines is 1. The molecule has 28 heavy (non-hydrogen) atoms. The first-order chi connectivity index (χ1) is 13.3. The number of ether oxygens (including phenoxy) is 2. The molecular formula is C18H10F4N2O4. The molecule has 1 aliphatic heterocycles. The summed E-state index contributed by atoms with van der Waals surface area (Å²) in [7, 11) is 0. The van der Waals surface area contributed by atoms with Crippen molar-refractivity contribution in [2.75, 3.05) is 5.32 Å². The Morgan fingerprint density at radius 2 is 1.86 bits per heavy atom. The molecule has 1 aliphatic rings. The first-order valence-electron chi connectivity index (χ1n) is 7.88. The van der Waals surface area contributed by atoms with E-state index < -0.39 is 35.9 Å². The van der Waals surface area contributed by atoms with Crippen LogP contribution in [0.4, 0.5) is 28.4 Å². The standard InChI is InChI=1S/C18H10F4N2O4/c19-9-5-6-13-11(7-9)15(10-3-1-2-4-12(10)27-13)28-17(25)24-16-23-14(8-26-16)18(20,21)22/h1-8,15H,(H,23,24,25). The molecule has 1 aromatic heterocycles. The molecule has 1 unspecified atom stereocenters. The van der Waals surface area contributed by atoms with Crippen LogP contribution >= 0.6 is 0 Å². The van der Waals surface area contributed by atoms with Gasteiger partial charge in [0.05, 0.1) is 0 Å². The largest absolute Gasteiger partial charge is 0.456 e. The third kappa shape index (κ3) is 3.36. The molecule has 1 atom stereocenters. The number of carbonyl (C=O) groups is 1. The van der Waals surface area contributed by atoms with Crippen molar-refractivity contribution in [1.82, 2.24) is 4.98 Å². The summed E-state index contributed by atoms with van der Waals surface area (Å²) >= 11 is 0. The van der Waals surface area contributed by atoms with Crippen molar-refractivity contribution in [3.63, 3.8) is 0 Å². The lowest BCUT2D eigenvalue weighted by Crippen LogP contribution is -2.21. The van der Waals surface area contributed by atoms with Crippen molar-refractivity contribution in [3.05, 3.63) is 71.4 Å². The van der Waals surface area contributed by atoms with E-state index in [0.717, 1.165) is 6.07 Å². The predicted octanol–water partition coefficient (Wildman–Crippen LogP) is 5.28. The Labute approximate surface area is 154 Å². The van der Waals surface area contributed by atoms with E-state index in [1.54, 1.807) is 24.3 Å². The number of fused-ring (bicyclic) bond motifs is 2. The van der Waals surface area contributed by atoms with Gasteiger partial charge in [-0.3, -0.25) is 0 Å². The highest BCUT2D eigenvalue weighted by molar-refractivity contribution is 5.82. The van der Waals surface area contributed by atoms with Crippen molar-refractivity contribution < 1.29 is 36.2 Å². The van der Waals surface area contributed by atoms with E-state index in [-0.39, 0.29) is 11.3 Å². The lowest BCUT2D eigenvalue weighted by Gasteiger charge is -2.27. The molecule has 0 saturated heterocycles. The van der Waals surface area contributed by atoms with Gasteiger partial charge in [-0.2, -0.15) is 18.2 Å². The number of oxazole rings is 1. The Morgan fingerprint density at radius 3 is 2.61 bits per heavy atom. The highest BCUT2D eigenvalue weighted by Gasteiger charge is 2.35. The lowest BCUT2D eigenvalue weighted by atomic mass is 9.97. The molecule has 0 radical (unpaired) electrons. The number of rotatable bonds is 2. The van der Waals surface area contributed by atoms with Gasteiger partial charge in [0.2, 0.25) is 0 Å². The number of aromatic nitrogens is 1. The van der Waals surface area contributed by atoms with Crippen molar-refractivity contribution in [1.29, 1.82) is 0 Å². The van der Waals surface area contributed by atoms with Crippen LogP contribution in [0.2, 0.25) is 0 Å². The first kappa shape index (κ1) is 17.8. The molecule has 0 saturated carbocycles. The van der Waals surface area contributed by atoms with Crippen LogP contribution in [-0.2, 0) is 10.9 Å². The Hall–Kier alpha value is -3.56. The molecule has 3 aromatic rings. The maximum absolute atomic E-state index is 13.7. The molecule has 0 aliphatic carbocycles. The summed E-state index contributed by atoms with van der Waals surface area (Å²) in [5.74, 6) is 0.113. The molecule has 1 N–H and O–H groups in total. The van der Waals surface area contributed by atoms with Gasteiger partial charge < -0.3 is 13.9 Å². The fraction of sp³-hybridized carbons (Fsp3) is 0.111. The molecule has 0 fully saturated rings. The van der Waals surface area contributed by atoms with Crippen molar-refractivity contribution in [2.45, 2.75) is 12.3 Å². The molecule has 6 nitrogen and oxygen atoms in total. The molecule has 10 heteroatoms. The molecule has 4 rings (SSSR count). The minimum absolute atomic E-state index is 0.247. The van der Waals surface area contributed by atoms with Crippen molar-refractivity contribution in [3.8, 4) is 11.5 Å². The van der Waals surface area contributed by atoms with Crippen LogP contribution in [-0.4, -0.2) is 11.1 Å². The smallest absolute Gasteiger partial charge is 0.436 e. The van der Waals surface area contributed by atoms with Crippen molar-refractivity contribution >= 4 is 12.1 Å². The average molecular weight is 394 g/mol. The van der Waals surface area contributed by atoms with Crippen LogP contribution < -0.4 is 10.1 Å². The molecule has 2 heterocycles. The molecule has 2 aromatic carbocycles. The SMILES string of the molecule is O=C(Nc1nc(C(F)(F)F)co1)OC1c2ccccc2Oc2ccc(F)cc21. The highest BCUT2D eigenvalue weighted by atomic mass is 19.4. The summed E-state index contributed by atoms with van der Waals surface area (Å²) in [6.45, 7) is 0. The highest BCUT2D eigenvalue weighted by Crippen LogP contribution is 2.44. The van der Waals surface area contributed by atoms with E-state index in [0.29, 0.717) is 17.6 Å². The zero-order chi connectivity index (χ0) is 19.9. The summed E-state index contributed by atoms with van der Waals surface area (Å²) in [6.07, 6.45) is -6.53. The minimum Gasteiger partial charge on any atom is -0.456 e. The zero-order valence-electron chi connectivity index (χ0n) is 13.8. The summed E-state index contributed by atoms with van der Waals surface area (Å²) in [6, 6.07) is 9.68. The number of carbonyl (C=O) groups excluding carboxylic acids is 1. The Morgan fingerprint density at radius 1 is 1.11 bits per heavy atom. The van der Waals surface area contributed by atoms with Gasteiger partial charge in [-0.1, -0.05) is 18.2 Å². The van der Waals surface area contributed by atoms with E-state index in [4.69, 9.17) is 9.47 Å². The molecule has 144 valence electrons. The molecule has 0 spiro atoms. The number of hydrogen-bond acceptors (Lipinski definition) is 5. The summed E-state index contributed by atoms with van der Waals surface area (Å²) in [4.78, 5) is 15.3. The van der Waals surface area contributed by atoms with Crippen LogP contribution in [0.1, 0.15) is 22.9 Å². The van der Waals surface area contributed by atoms with Gasteiger partial charge in [0.25, 0.3) is 0 Å². The van der Waals surface area contributed by atoms with Gasteiger partial charge in [0.15, 0.2) is 11.8 Å². The van der Waals surface area contributed by atoms with Gasteiger partial charge in [-0.15, -0.1) is 0 Å². The fourth-order valence-electron chi connectivity index (χ4n) is 2.71. The first-order valence-corrected chi connectivity index (χ1v) is 7.88. The third-order valence-electron chi connectivity index (χ3n) is 3.90. The monoisotopic (exact) mass is 394 g/mol. The number of halogens is 4. The van der Waals surface area contributed by atoms with Gasteiger partial charge in [-0.05, 0) is 24.3 Å². The molecular weight excluding hydrogens is 384 g/mol. The van der Waals surface area contributed by atoms with E-state index >= 15 is 0 Å². The van der Waals surface area contributed by atoms with Gasteiger partial charge in [0, 0.05) is 11.1 Å². The fourth-order valence-corrected chi connectivity index (χ4v) is 2.71. The Kier molecular flexibility index (Phi) is 4.17.